The van der Waals surface area contributed by atoms with Crippen LogP contribution >= 0.6 is 0 Å². The summed E-state index contributed by atoms with van der Waals surface area (Å²) in [6, 6.07) is 23.5. The largest absolute Gasteiger partial charge is 0.486 e. The smallest absolute Gasteiger partial charge is 0.287 e. The number of hydrogen-bond acceptors (Lipinski definition) is 3. The molecule has 0 aliphatic heterocycles. The summed E-state index contributed by atoms with van der Waals surface area (Å²) in [6.07, 6.45) is 5.11. The highest BCUT2D eigenvalue weighted by molar-refractivity contribution is 5.91. The van der Waals surface area contributed by atoms with E-state index in [-0.39, 0.29) is 24.3 Å². The molecular formula is C28H30N2O3. The molecule has 2 aromatic heterocycles. The Labute approximate surface area is 195 Å². The minimum Gasteiger partial charge on any atom is -0.486 e. The molecule has 33 heavy (non-hydrogen) atoms. The lowest BCUT2D eigenvalue weighted by molar-refractivity contribution is 0.0907. The average Bonchev–Trinajstić information content (AvgIpc) is 3.55. The maximum Gasteiger partial charge on any atom is 0.287 e. The molecular weight excluding hydrogens is 412 g/mol. The third kappa shape index (κ3) is 5.55. The van der Waals surface area contributed by atoms with Gasteiger partial charge in [-0.25, -0.2) is 0 Å². The van der Waals surface area contributed by atoms with Gasteiger partial charge in [-0.1, -0.05) is 38.1 Å². The molecule has 0 saturated heterocycles. The van der Waals surface area contributed by atoms with Gasteiger partial charge >= 0.3 is 0 Å². The maximum atomic E-state index is 12.6. The van der Waals surface area contributed by atoms with Crippen molar-refractivity contribution in [3.63, 3.8) is 0 Å². The van der Waals surface area contributed by atoms with Gasteiger partial charge in [-0.15, -0.1) is 0 Å². The van der Waals surface area contributed by atoms with Crippen molar-refractivity contribution in [2.45, 2.75) is 45.8 Å². The predicted molar refractivity (Wildman–Crippen MR) is 130 cm³/mol. The number of carbonyl (C=O) groups excluding carboxylic acids is 1. The summed E-state index contributed by atoms with van der Waals surface area (Å²) in [5.41, 5.74) is 3.40. The van der Waals surface area contributed by atoms with Gasteiger partial charge in [0, 0.05) is 18.1 Å². The van der Waals surface area contributed by atoms with Gasteiger partial charge in [-0.05, 0) is 78.9 Å². The first kappa shape index (κ1) is 22.5. The molecule has 0 spiro atoms. The van der Waals surface area contributed by atoms with E-state index >= 15 is 0 Å². The number of carbonyl (C=O) groups is 1. The number of amides is 1. The minimum atomic E-state index is -0.249. The number of rotatable bonds is 9. The van der Waals surface area contributed by atoms with Crippen molar-refractivity contribution in [2.75, 3.05) is 0 Å². The van der Waals surface area contributed by atoms with Crippen LogP contribution in [0.5, 0.6) is 5.75 Å². The fourth-order valence-electron chi connectivity index (χ4n) is 3.65. The lowest BCUT2D eigenvalue weighted by Gasteiger charge is -2.14. The minimum absolute atomic E-state index is 0.148. The zero-order chi connectivity index (χ0) is 23.2. The van der Waals surface area contributed by atoms with E-state index in [1.165, 1.54) is 5.56 Å². The van der Waals surface area contributed by atoms with Crippen LogP contribution in [0, 0.1) is 0 Å². The molecule has 4 aromatic rings. The molecule has 0 aliphatic rings. The molecule has 2 aromatic carbocycles. The van der Waals surface area contributed by atoms with E-state index in [0.29, 0.717) is 11.7 Å². The molecule has 0 fully saturated rings. The van der Waals surface area contributed by atoms with E-state index in [4.69, 9.17) is 9.15 Å². The van der Waals surface area contributed by atoms with E-state index in [1.54, 1.807) is 12.1 Å². The Morgan fingerprint density at radius 3 is 2.27 bits per heavy atom. The molecule has 0 aliphatic carbocycles. The van der Waals surface area contributed by atoms with Crippen LogP contribution in [0.2, 0.25) is 0 Å². The van der Waals surface area contributed by atoms with Gasteiger partial charge in [-0.2, -0.15) is 0 Å². The maximum absolute atomic E-state index is 12.6. The summed E-state index contributed by atoms with van der Waals surface area (Å²) >= 11 is 0. The van der Waals surface area contributed by atoms with Crippen molar-refractivity contribution in [3.8, 4) is 11.4 Å². The summed E-state index contributed by atoms with van der Waals surface area (Å²) in [7, 11) is 0. The van der Waals surface area contributed by atoms with Crippen LogP contribution in [0.4, 0.5) is 0 Å². The van der Waals surface area contributed by atoms with Crippen molar-refractivity contribution >= 4 is 5.91 Å². The second kappa shape index (κ2) is 10.3. The number of benzene rings is 2. The van der Waals surface area contributed by atoms with Crippen LogP contribution < -0.4 is 10.1 Å². The Balaban J connectivity index is 1.31. The summed E-state index contributed by atoms with van der Waals surface area (Å²) in [5.74, 6) is 1.94. The molecule has 170 valence electrons. The van der Waals surface area contributed by atoms with E-state index in [0.717, 1.165) is 23.4 Å². The zero-order valence-electron chi connectivity index (χ0n) is 19.3. The number of nitrogens with zero attached hydrogens (tertiary/aromatic N) is 1. The Bertz CT molecular complexity index is 1160. The van der Waals surface area contributed by atoms with Crippen LogP contribution in [0.25, 0.3) is 5.69 Å². The highest BCUT2D eigenvalue weighted by Gasteiger charge is 2.15. The molecule has 0 bridgehead atoms. The Kier molecular flexibility index (Phi) is 6.98. The molecule has 2 atom stereocenters. The molecule has 4 rings (SSSR count). The molecule has 0 radical (unpaired) electrons. The fourth-order valence-corrected chi connectivity index (χ4v) is 3.65. The standard InChI is InChI=1S/C28H30N2O3/c1-4-20(2)22-9-13-25(14-10-22)32-19-26-15-16-27(33-26)28(31)29-21(3)23-7-11-24(12-8-23)30-17-5-6-18-30/h5-18,20-21H,4,19H2,1-3H3,(H,29,31). The Morgan fingerprint density at radius 1 is 0.939 bits per heavy atom. The van der Waals surface area contributed by atoms with Gasteiger partial charge in [0.1, 0.15) is 18.1 Å². The lowest BCUT2D eigenvalue weighted by Crippen LogP contribution is -2.26. The number of furan rings is 1. The van der Waals surface area contributed by atoms with Crippen molar-refractivity contribution in [1.82, 2.24) is 9.88 Å². The first-order valence-electron chi connectivity index (χ1n) is 11.4. The second-order valence-corrected chi connectivity index (χ2v) is 8.31. The van der Waals surface area contributed by atoms with Crippen molar-refractivity contribution < 1.29 is 13.9 Å². The molecule has 1 amide bonds. The third-order valence-corrected chi connectivity index (χ3v) is 5.97. The third-order valence-electron chi connectivity index (χ3n) is 5.97. The van der Waals surface area contributed by atoms with E-state index in [1.807, 2.05) is 72.4 Å². The number of ether oxygens (including phenoxy) is 1. The second-order valence-electron chi connectivity index (χ2n) is 8.31. The SMILES string of the molecule is CCC(C)c1ccc(OCc2ccc(C(=O)NC(C)c3ccc(-n4cccc4)cc3)o2)cc1. The van der Waals surface area contributed by atoms with Crippen LogP contribution in [0.3, 0.4) is 0 Å². The van der Waals surface area contributed by atoms with Crippen molar-refractivity contribution in [2.24, 2.45) is 0 Å². The van der Waals surface area contributed by atoms with Crippen LogP contribution in [-0.4, -0.2) is 10.5 Å². The van der Waals surface area contributed by atoms with Crippen molar-refractivity contribution in [1.29, 1.82) is 0 Å². The van der Waals surface area contributed by atoms with E-state index in [9.17, 15) is 4.79 Å². The van der Waals surface area contributed by atoms with Gasteiger partial charge < -0.3 is 19.0 Å². The van der Waals surface area contributed by atoms with Gasteiger partial charge in [0.25, 0.3) is 5.91 Å². The van der Waals surface area contributed by atoms with Crippen molar-refractivity contribution in [3.05, 3.63) is 108 Å². The van der Waals surface area contributed by atoms with Crippen LogP contribution in [0.1, 0.15) is 66.6 Å². The number of hydrogen-bond donors (Lipinski definition) is 1. The number of nitrogens with one attached hydrogen (secondary N) is 1. The molecule has 0 saturated carbocycles. The summed E-state index contributed by atoms with van der Waals surface area (Å²) in [4.78, 5) is 12.6. The highest BCUT2D eigenvalue weighted by atomic mass is 16.5. The summed E-state index contributed by atoms with van der Waals surface area (Å²) < 4.78 is 13.6. The van der Waals surface area contributed by atoms with Gasteiger partial charge in [0.15, 0.2) is 5.76 Å². The first-order valence-corrected chi connectivity index (χ1v) is 11.4. The fraction of sp³-hybridized carbons (Fsp3) is 0.250. The average molecular weight is 443 g/mol. The monoisotopic (exact) mass is 442 g/mol. The number of aromatic nitrogens is 1. The highest BCUT2D eigenvalue weighted by Crippen LogP contribution is 2.22. The van der Waals surface area contributed by atoms with Crippen LogP contribution in [-0.2, 0) is 6.61 Å². The van der Waals surface area contributed by atoms with Gasteiger partial charge in [0.05, 0.1) is 6.04 Å². The molecule has 1 N–H and O–H groups in total. The Hall–Kier alpha value is -3.73. The zero-order valence-corrected chi connectivity index (χ0v) is 19.3. The summed E-state index contributed by atoms with van der Waals surface area (Å²) in [5, 5.41) is 3.00. The lowest BCUT2D eigenvalue weighted by atomic mass is 9.99. The molecule has 2 unspecified atom stereocenters. The topological polar surface area (TPSA) is 56.4 Å². The van der Waals surface area contributed by atoms with E-state index < -0.39 is 0 Å². The normalized spacial score (nSPS) is 12.8. The Morgan fingerprint density at radius 2 is 1.61 bits per heavy atom. The first-order chi connectivity index (χ1) is 16.0. The van der Waals surface area contributed by atoms with Crippen LogP contribution in [0.15, 0.2) is 89.6 Å². The molecule has 5 nitrogen and oxygen atoms in total. The van der Waals surface area contributed by atoms with E-state index in [2.05, 4.69) is 31.3 Å². The molecule has 2 heterocycles. The molecule has 5 heteroatoms. The van der Waals surface area contributed by atoms with Gasteiger partial charge in [0.2, 0.25) is 0 Å². The summed E-state index contributed by atoms with van der Waals surface area (Å²) in [6.45, 7) is 6.62. The predicted octanol–water partition coefficient (Wildman–Crippen LogP) is 6.65. The van der Waals surface area contributed by atoms with Gasteiger partial charge in [-0.3, -0.25) is 4.79 Å². The quantitative estimate of drug-likeness (QED) is 0.316.